The molecule has 326 valence electrons. The van der Waals surface area contributed by atoms with E-state index in [2.05, 4.69) is 11.9 Å². The molecule has 59 heavy (non-hydrogen) atoms. The van der Waals surface area contributed by atoms with Gasteiger partial charge in [0.05, 0.1) is 47.4 Å². The number of aliphatic hydroxyl groups excluding tert-OH is 1. The van der Waals surface area contributed by atoms with E-state index in [4.69, 9.17) is 33.2 Å². The molecule has 1 amide bonds. The van der Waals surface area contributed by atoms with Gasteiger partial charge >= 0.3 is 24.0 Å². The van der Waals surface area contributed by atoms with E-state index in [0.29, 0.717) is 17.6 Å². The Kier molecular flexibility index (Phi) is 12.1. The third kappa shape index (κ3) is 7.73. The third-order valence-electron chi connectivity index (χ3n) is 13.3. The lowest BCUT2D eigenvalue weighted by Crippen LogP contribution is -2.80. The van der Waals surface area contributed by atoms with E-state index in [1.165, 1.54) is 6.92 Å². The molecular formula is C45H63NO13. The zero-order valence-electron chi connectivity index (χ0n) is 36.2. The van der Waals surface area contributed by atoms with Gasteiger partial charge in [-0.15, -0.1) is 0 Å². The van der Waals surface area contributed by atoms with Gasteiger partial charge in [-0.3, -0.25) is 4.79 Å². The Morgan fingerprint density at radius 3 is 2.25 bits per heavy atom. The molecule has 0 bridgehead atoms. The molecule has 0 aromatic heterocycles. The maximum Gasteiger partial charge on any atom is 0.407 e. The number of rotatable bonds is 11. The van der Waals surface area contributed by atoms with Gasteiger partial charge in [-0.25, -0.2) is 14.4 Å². The van der Waals surface area contributed by atoms with Crippen LogP contribution in [-0.2, 0) is 42.7 Å². The largest absolute Gasteiger partial charge is 0.457 e. The number of hydrogen-bond acceptors (Lipinski definition) is 13. The molecule has 14 heteroatoms. The first-order valence-electron chi connectivity index (χ1n) is 20.7. The standard InChI is InChI=1S/C45H63NO13/c1-13-32-55-30-20-31-45(22-53-31,58-26(6)47)35-37(57-38(49)27-17-15-14-16-18-27)44(42(10,11)52)21-29(24(4)33(44)25(5)36(56-32)43(30,35)12)54-39(50)34(48)28(19-23(2)3)46-40(51)59-41(7,8)9/h13-18,23,25,28-32,34-37,48,52H,1,19-22H2,2-12H3,(H,46,51)/t25-,28?,29?,30-,31+,32?,34-,35-,36-,37-,43+,44-,45-/m0/s1. The monoisotopic (exact) mass is 825 g/mol. The first-order chi connectivity index (χ1) is 27.4. The van der Waals surface area contributed by atoms with Gasteiger partial charge in [0.2, 0.25) is 0 Å². The number of fused-ring (bicyclic) bond motifs is 3. The fourth-order valence-corrected chi connectivity index (χ4v) is 11.1. The van der Waals surface area contributed by atoms with Gasteiger partial charge in [0.25, 0.3) is 0 Å². The van der Waals surface area contributed by atoms with E-state index in [0.717, 1.165) is 0 Å². The Morgan fingerprint density at radius 2 is 1.71 bits per heavy atom. The zero-order valence-corrected chi connectivity index (χ0v) is 36.2. The molecule has 3 unspecified atom stereocenters. The molecule has 6 rings (SSSR count). The van der Waals surface area contributed by atoms with Crippen molar-refractivity contribution in [3.8, 4) is 0 Å². The summed E-state index contributed by atoms with van der Waals surface area (Å²) in [5, 5.41) is 27.0. The summed E-state index contributed by atoms with van der Waals surface area (Å²) in [4.78, 5) is 54.6. The average molecular weight is 826 g/mol. The topological polar surface area (TPSA) is 185 Å². The van der Waals surface area contributed by atoms with Gasteiger partial charge in [0, 0.05) is 31.1 Å². The van der Waals surface area contributed by atoms with Crippen molar-refractivity contribution in [3.63, 3.8) is 0 Å². The number of benzene rings is 1. The normalized spacial score (nSPS) is 36.0. The number of ether oxygens (including phenoxy) is 7. The smallest absolute Gasteiger partial charge is 0.407 e. The minimum atomic E-state index is -1.79. The Balaban J connectivity index is 1.52. The molecule has 4 fully saturated rings. The van der Waals surface area contributed by atoms with Crippen molar-refractivity contribution < 1.29 is 62.5 Å². The lowest BCUT2D eigenvalue weighted by Gasteiger charge is -2.67. The second-order valence-corrected chi connectivity index (χ2v) is 19.3. The van der Waals surface area contributed by atoms with E-state index >= 15 is 0 Å². The molecule has 2 heterocycles. The first kappa shape index (κ1) is 44.7. The SMILES string of the molecule is C=CC1O[C@H]2C[C@H]3OC[C@@]3(OC(C)=O)[C@H]3[C@H](OC(=O)c4ccccc4)[C@]4(C(C)(C)O)CC(OC(=O)[C@@H](O)C(CC(C)C)NC(=O)OC(C)(C)C)C(C)=C4[C@H](C)[C@H](O1)[C@]23C. The van der Waals surface area contributed by atoms with Crippen LogP contribution in [0.4, 0.5) is 4.79 Å². The van der Waals surface area contributed by atoms with Gasteiger partial charge in [0.1, 0.15) is 23.9 Å². The Hall–Kier alpha value is -3.82. The predicted molar refractivity (Wildman–Crippen MR) is 214 cm³/mol. The molecule has 14 nitrogen and oxygen atoms in total. The Morgan fingerprint density at radius 1 is 1.05 bits per heavy atom. The molecule has 2 aliphatic heterocycles. The van der Waals surface area contributed by atoms with Crippen molar-refractivity contribution in [2.75, 3.05) is 6.61 Å². The molecule has 2 saturated heterocycles. The van der Waals surface area contributed by atoms with Crippen LogP contribution in [0.5, 0.6) is 0 Å². The molecular weight excluding hydrogens is 762 g/mol. The number of hydrogen-bond donors (Lipinski definition) is 3. The number of amides is 1. The number of nitrogens with one attached hydrogen (secondary N) is 1. The fourth-order valence-electron chi connectivity index (χ4n) is 11.1. The van der Waals surface area contributed by atoms with Crippen molar-refractivity contribution in [1.82, 2.24) is 5.32 Å². The number of aliphatic hydroxyl groups is 2. The van der Waals surface area contributed by atoms with Crippen LogP contribution in [0.15, 0.2) is 54.1 Å². The van der Waals surface area contributed by atoms with Crippen LogP contribution >= 0.6 is 0 Å². The van der Waals surface area contributed by atoms with Crippen LogP contribution in [0, 0.1) is 28.6 Å². The highest BCUT2D eigenvalue weighted by atomic mass is 16.7. The highest BCUT2D eigenvalue weighted by Gasteiger charge is 2.80. The summed E-state index contributed by atoms with van der Waals surface area (Å²) in [5.74, 6) is -3.69. The highest BCUT2D eigenvalue weighted by molar-refractivity contribution is 5.89. The van der Waals surface area contributed by atoms with Gasteiger partial charge in [-0.1, -0.05) is 52.5 Å². The van der Waals surface area contributed by atoms with E-state index < -0.39 is 112 Å². The van der Waals surface area contributed by atoms with Crippen molar-refractivity contribution in [1.29, 1.82) is 0 Å². The quantitative estimate of drug-likeness (QED) is 0.143. The summed E-state index contributed by atoms with van der Waals surface area (Å²) in [7, 11) is 0. The second kappa shape index (κ2) is 15.9. The second-order valence-electron chi connectivity index (χ2n) is 19.3. The van der Waals surface area contributed by atoms with Crippen LogP contribution in [-0.4, -0.2) is 107 Å². The molecule has 1 aromatic rings. The summed E-state index contributed by atoms with van der Waals surface area (Å²) in [5.41, 5.74) is -4.92. The van der Waals surface area contributed by atoms with Crippen LogP contribution in [0.3, 0.4) is 0 Å². The third-order valence-corrected chi connectivity index (χ3v) is 13.3. The van der Waals surface area contributed by atoms with Crippen LogP contribution in [0.2, 0.25) is 0 Å². The predicted octanol–water partition coefficient (Wildman–Crippen LogP) is 5.57. The highest BCUT2D eigenvalue weighted by Crippen LogP contribution is 2.70. The molecule has 0 spiro atoms. The fraction of sp³-hybridized carbons (Fsp3) is 0.689. The van der Waals surface area contributed by atoms with Crippen LogP contribution in [0.1, 0.15) is 106 Å². The molecule has 5 aliphatic rings. The average Bonchev–Trinajstić information content (AvgIpc) is 3.39. The van der Waals surface area contributed by atoms with Crippen molar-refractivity contribution in [2.24, 2.45) is 28.6 Å². The zero-order chi connectivity index (χ0) is 43.6. The summed E-state index contributed by atoms with van der Waals surface area (Å²) >= 11 is 0. The van der Waals surface area contributed by atoms with Crippen molar-refractivity contribution in [3.05, 3.63) is 59.7 Å². The lowest BCUT2D eigenvalue weighted by molar-refractivity contribution is -0.391. The van der Waals surface area contributed by atoms with Crippen molar-refractivity contribution >= 4 is 24.0 Å². The van der Waals surface area contributed by atoms with Gasteiger partial charge < -0.3 is 48.7 Å². The lowest BCUT2D eigenvalue weighted by atomic mass is 9.49. The summed E-state index contributed by atoms with van der Waals surface area (Å²) in [6.45, 7) is 23.2. The number of carbonyl (C=O) groups is 4. The maximum atomic E-state index is 14.5. The maximum absolute atomic E-state index is 14.5. The van der Waals surface area contributed by atoms with Gasteiger partial charge in [-0.05, 0) is 83.2 Å². The molecule has 1 aromatic carbocycles. The molecule has 3 aliphatic carbocycles. The van der Waals surface area contributed by atoms with E-state index in [1.54, 1.807) is 78.0 Å². The Labute approximate surface area is 347 Å². The Bertz CT molecular complexity index is 1830. The van der Waals surface area contributed by atoms with E-state index in [9.17, 15) is 29.4 Å². The number of esters is 3. The van der Waals surface area contributed by atoms with Crippen molar-refractivity contribution in [2.45, 2.75) is 161 Å². The number of carbonyl (C=O) groups excluding carboxylic acids is 4. The molecule has 13 atom stereocenters. The van der Waals surface area contributed by atoms with E-state index in [-0.39, 0.29) is 30.9 Å². The molecule has 0 radical (unpaired) electrons. The van der Waals surface area contributed by atoms with Gasteiger partial charge in [0.15, 0.2) is 18.0 Å². The summed E-state index contributed by atoms with van der Waals surface area (Å²) < 4.78 is 44.4. The molecule has 3 N–H and O–H groups in total. The minimum absolute atomic E-state index is 0.0118. The molecule has 2 saturated carbocycles. The van der Waals surface area contributed by atoms with E-state index in [1.807, 2.05) is 27.7 Å². The van der Waals surface area contributed by atoms with Gasteiger partial charge in [-0.2, -0.15) is 0 Å². The van der Waals surface area contributed by atoms with Crippen LogP contribution < -0.4 is 5.32 Å². The summed E-state index contributed by atoms with van der Waals surface area (Å²) in [6, 6.07) is 7.43. The van der Waals surface area contributed by atoms with Crippen LogP contribution in [0.25, 0.3) is 0 Å². The summed E-state index contributed by atoms with van der Waals surface area (Å²) in [6.07, 6.45) is -5.55. The number of alkyl carbamates (subject to hydrolysis) is 1. The minimum Gasteiger partial charge on any atom is -0.457 e. The first-order valence-corrected chi connectivity index (χ1v) is 20.7.